The number of pyridine rings is 1. The van der Waals surface area contributed by atoms with Crippen molar-refractivity contribution in [3.8, 4) is 6.07 Å². The molecule has 0 radical (unpaired) electrons. The molecule has 1 aromatic rings. The normalized spacial score (nSPS) is 10.4. The van der Waals surface area contributed by atoms with Crippen molar-refractivity contribution in [1.82, 2.24) is 4.98 Å². The number of hydrogen-bond donors (Lipinski definition) is 2. The van der Waals surface area contributed by atoms with Crippen LogP contribution in [0.5, 0.6) is 0 Å². The molecule has 0 aliphatic heterocycles. The Morgan fingerprint density at radius 1 is 1.62 bits per heavy atom. The number of anilines is 1. The van der Waals surface area contributed by atoms with E-state index in [1.807, 2.05) is 4.72 Å². The van der Waals surface area contributed by atoms with Crippen LogP contribution in [0.1, 0.15) is 10.5 Å². The molecule has 1 heterocycles. The highest BCUT2D eigenvalue weighted by Crippen LogP contribution is 2.13. The molecule has 0 atom stereocenters. The van der Waals surface area contributed by atoms with E-state index >= 15 is 0 Å². The van der Waals surface area contributed by atoms with E-state index in [4.69, 9.17) is 10.4 Å². The Balaban J connectivity index is 3.08. The Bertz CT molecular complexity index is 547. The van der Waals surface area contributed by atoms with E-state index in [-0.39, 0.29) is 5.69 Å². The molecular formula is C8H7N3O4S. The number of carbonyl (C=O) groups is 1. The number of nitrogens with zero attached hydrogens (tertiary/aromatic N) is 2. The van der Waals surface area contributed by atoms with E-state index in [0.717, 1.165) is 0 Å². The third-order valence-corrected chi connectivity index (χ3v) is 2.57. The topological polar surface area (TPSA) is 120 Å². The Kier molecular flexibility index (Phi) is 3.42. The molecule has 84 valence electrons. The van der Waals surface area contributed by atoms with Crippen LogP contribution in [-0.4, -0.2) is 30.2 Å². The molecule has 0 fully saturated rings. The SMILES string of the molecule is N#CCS(=O)(=O)Nc1cccnc1C(=O)O. The number of nitrogens with one attached hydrogen (secondary N) is 1. The van der Waals surface area contributed by atoms with Crippen LogP contribution < -0.4 is 4.72 Å². The predicted molar refractivity (Wildman–Crippen MR) is 54.2 cm³/mol. The van der Waals surface area contributed by atoms with Crippen LogP contribution in [0.3, 0.4) is 0 Å². The second-order valence-electron chi connectivity index (χ2n) is 2.72. The third-order valence-electron chi connectivity index (χ3n) is 1.53. The first-order valence-corrected chi connectivity index (χ1v) is 5.67. The molecule has 0 spiro atoms. The second kappa shape index (κ2) is 4.59. The lowest BCUT2D eigenvalue weighted by Gasteiger charge is -2.06. The van der Waals surface area contributed by atoms with Gasteiger partial charge in [-0.05, 0) is 12.1 Å². The lowest BCUT2D eigenvalue weighted by atomic mass is 10.3. The van der Waals surface area contributed by atoms with Gasteiger partial charge in [-0.25, -0.2) is 18.2 Å². The van der Waals surface area contributed by atoms with Crippen molar-refractivity contribution >= 4 is 21.7 Å². The smallest absolute Gasteiger partial charge is 0.356 e. The molecule has 0 unspecified atom stereocenters. The standard InChI is InChI=1S/C8H7N3O4S/c9-3-5-16(14,15)11-6-2-1-4-10-7(6)8(12)13/h1-2,4,11H,5H2,(H,12,13). The molecule has 16 heavy (non-hydrogen) atoms. The van der Waals surface area contributed by atoms with Gasteiger partial charge in [0, 0.05) is 6.20 Å². The molecule has 0 aliphatic carbocycles. The fourth-order valence-electron chi connectivity index (χ4n) is 0.947. The summed E-state index contributed by atoms with van der Waals surface area (Å²) in [5, 5.41) is 17.0. The molecule has 0 saturated heterocycles. The van der Waals surface area contributed by atoms with E-state index in [9.17, 15) is 13.2 Å². The van der Waals surface area contributed by atoms with E-state index < -0.39 is 27.4 Å². The first-order valence-electron chi connectivity index (χ1n) is 4.02. The lowest BCUT2D eigenvalue weighted by molar-refractivity contribution is 0.0692. The summed E-state index contributed by atoms with van der Waals surface area (Å²) in [5.41, 5.74) is -0.575. The summed E-state index contributed by atoms with van der Waals surface area (Å²) < 4.78 is 24.4. The first-order chi connectivity index (χ1) is 7.46. The van der Waals surface area contributed by atoms with Crippen molar-refractivity contribution in [2.75, 3.05) is 10.5 Å². The fourth-order valence-corrected chi connectivity index (χ4v) is 1.69. The van der Waals surface area contributed by atoms with Crippen LogP contribution in [-0.2, 0) is 10.0 Å². The highest BCUT2D eigenvalue weighted by molar-refractivity contribution is 7.92. The molecule has 0 aromatic carbocycles. The van der Waals surface area contributed by atoms with Crippen LogP contribution in [0.2, 0.25) is 0 Å². The van der Waals surface area contributed by atoms with Gasteiger partial charge in [0.1, 0.15) is 0 Å². The number of nitriles is 1. The molecule has 0 aliphatic rings. The predicted octanol–water partition coefficient (Wildman–Crippen LogP) is 0.0451. The highest BCUT2D eigenvalue weighted by atomic mass is 32.2. The number of carboxylic acids is 1. The van der Waals surface area contributed by atoms with Gasteiger partial charge < -0.3 is 5.11 Å². The summed E-state index contributed by atoms with van der Waals surface area (Å²) in [6.07, 6.45) is 1.23. The Labute approximate surface area is 91.4 Å². The van der Waals surface area contributed by atoms with Gasteiger partial charge in [0.25, 0.3) is 0 Å². The zero-order chi connectivity index (χ0) is 12.2. The summed E-state index contributed by atoms with van der Waals surface area (Å²) >= 11 is 0. The number of carboxylic acid groups (broad SMARTS) is 1. The molecular weight excluding hydrogens is 234 g/mol. The van der Waals surface area contributed by atoms with Gasteiger partial charge >= 0.3 is 5.97 Å². The maximum absolute atomic E-state index is 11.2. The third kappa shape index (κ3) is 2.93. The van der Waals surface area contributed by atoms with E-state index in [1.165, 1.54) is 24.4 Å². The summed E-state index contributed by atoms with van der Waals surface area (Å²) in [5.74, 6) is -2.10. The minimum absolute atomic E-state index is 0.162. The average molecular weight is 241 g/mol. The minimum atomic E-state index is -3.86. The fraction of sp³-hybridized carbons (Fsp3) is 0.125. The first kappa shape index (κ1) is 11.9. The molecule has 1 rings (SSSR count). The number of aromatic carboxylic acids is 1. The molecule has 1 aromatic heterocycles. The summed E-state index contributed by atoms with van der Waals surface area (Å²) in [6, 6.07) is 4.10. The molecule has 8 heteroatoms. The second-order valence-corrected chi connectivity index (χ2v) is 4.45. The molecule has 0 bridgehead atoms. The summed E-state index contributed by atoms with van der Waals surface area (Å²) in [4.78, 5) is 14.2. The van der Waals surface area contributed by atoms with Gasteiger partial charge in [-0.15, -0.1) is 0 Å². The number of sulfonamides is 1. The lowest BCUT2D eigenvalue weighted by Crippen LogP contribution is -2.18. The van der Waals surface area contributed by atoms with Crippen LogP contribution in [0, 0.1) is 11.3 Å². The van der Waals surface area contributed by atoms with Gasteiger partial charge in [0.15, 0.2) is 11.4 Å². The minimum Gasteiger partial charge on any atom is -0.476 e. The van der Waals surface area contributed by atoms with E-state index in [0.29, 0.717) is 0 Å². The van der Waals surface area contributed by atoms with Gasteiger partial charge in [0.05, 0.1) is 11.8 Å². The maximum Gasteiger partial charge on any atom is 0.356 e. The molecule has 0 saturated carbocycles. The molecule has 7 nitrogen and oxygen atoms in total. The van der Waals surface area contributed by atoms with Crippen LogP contribution in [0.4, 0.5) is 5.69 Å². The van der Waals surface area contributed by atoms with Gasteiger partial charge in [-0.1, -0.05) is 0 Å². The van der Waals surface area contributed by atoms with Crippen LogP contribution in [0.15, 0.2) is 18.3 Å². The van der Waals surface area contributed by atoms with Crippen molar-refractivity contribution in [2.45, 2.75) is 0 Å². The summed E-state index contributed by atoms with van der Waals surface area (Å²) in [7, 11) is -3.86. The van der Waals surface area contributed by atoms with Gasteiger partial charge in [-0.3, -0.25) is 4.72 Å². The summed E-state index contributed by atoms with van der Waals surface area (Å²) in [6.45, 7) is 0. The van der Waals surface area contributed by atoms with E-state index in [1.54, 1.807) is 0 Å². The Hall–Kier alpha value is -2.14. The Morgan fingerprint density at radius 3 is 2.88 bits per heavy atom. The zero-order valence-corrected chi connectivity index (χ0v) is 8.73. The van der Waals surface area contributed by atoms with Crippen LogP contribution in [0.25, 0.3) is 0 Å². The quantitative estimate of drug-likeness (QED) is 0.768. The van der Waals surface area contributed by atoms with Crippen molar-refractivity contribution in [1.29, 1.82) is 5.26 Å². The van der Waals surface area contributed by atoms with Crippen LogP contribution >= 0.6 is 0 Å². The van der Waals surface area contributed by atoms with Crippen molar-refractivity contribution in [3.05, 3.63) is 24.0 Å². The van der Waals surface area contributed by atoms with Crippen molar-refractivity contribution < 1.29 is 18.3 Å². The van der Waals surface area contributed by atoms with Gasteiger partial charge in [0.2, 0.25) is 10.0 Å². The molecule has 0 amide bonds. The average Bonchev–Trinajstić information content (AvgIpc) is 2.17. The maximum atomic E-state index is 11.2. The number of rotatable bonds is 4. The van der Waals surface area contributed by atoms with E-state index in [2.05, 4.69) is 4.98 Å². The van der Waals surface area contributed by atoms with Gasteiger partial charge in [-0.2, -0.15) is 5.26 Å². The zero-order valence-electron chi connectivity index (χ0n) is 7.91. The largest absolute Gasteiger partial charge is 0.476 e. The Morgan fingerprint density at radius 2 is 2.31 bits per heavy atom. The van der Waals surface area contributed by atoms with Crippen molar-refractivity contribution in [3.63, 3.8) is 0 Å². The molecule has 2 N–H and O–H groups in total. The highest BCUT2D eigenvalue weighted by Gasteiger charge is 2.16. The number of aromatic nitrogens is 1. The number of hydrogen-bond acceptors (Lipinski definition) is 5. The monoisotopic (exact) mass is 241 g/mol. The van der Waals surface area contributed by atoms with Crippen molar-refractivity contribution in [2.24, 2.45) is 0 Å².